The highest BCUT2D eigenvalue weighted by atomic mass is 35.5. The van der Waals surface area contributed by atoms with Crippen LogP contribution in [0.4, 0.5) is 5.69 Å². The molecule has 0 aliphatic heterocycles. The van der Waals surface area contributed by atoms with Crippen LogP contribution in [0.1, 0.15) is 24.9 Å². The molecule has 0 aliphatic carbocycles. The summed E-state index contributed by atoms with van der Waals surface area (Å²) < 4.78 is 10.4. The average Bonchev–Trinajstić information content (AvgIpc) is 2.55. The van der Waals surface area contributed by atoms with Crippen LogP contribution in [0.25, 0.3) is 0 Å². The molecule has 0 saturated carbocycles. The first-order valence-electron chi connectivity index (χ1n) is 7.44. The van der Waals surface area contributed by atoms with Crippen LogP contribution < -0.4 is 10.1 Å². The topological polar surface area (TPSA) is 47.6 Å². The molecule has 1 atom stereocenters. The van der Waals surface area contributed by atoms with Gasteiger partial charge in [-0.05, 0) is 36.8 Å². The SMILES string of the molecule is CCOC(=O)C[C@H](Nc1ccccc1OC)c1ccc(Cl)cc1. The van der Waals surface area contributed by atoms with Gasteiger partial charge in [0.05, 0.1) is 31.9 Å². The Labute approximate surface area is 141 Å². The van der Waals surface area contributed by atoms with Crippen LogP contribution in [0.2, 0.25) is 5.02 Å². The van der Waals surface area contributed by atoms with Crippen molar-refractivity contribution in [1.29, 1.82) is 0 Å². The summed E-state index contributed by atoms with van der Waals surface area (Å²) in [5.74, 6) is 0.463. The molecule has 5 heteroatoms. The van der Waals surface area contributed by atoms with Crippen molar-refractivity contribution in [3.63, 3.8) is 0 Å². The normalized spacial score (nSPS) is 11.6. The number of hydrogen-bond donors (Lipinski definition) is 1. The van der Waals surface area contributed by atoms with Crippen molar-refractivity contribution in [1.82, 2.24) is 0 Å². The minimum absolute atomic E-state index is 0.216. The smallest absolute Gasteiger partial charge is 0.308 e. The highest BCUT2D eigenvalue weighted by molar-refractivity contribution is 6.30. The molecular formula is C18H20ClNO3. The zero-order valence-electron chi connectivity index (χ0n) is 13.2. The third kappa shape index (κ3) is 4.89. The molecule has 0 saturated heterocycles. The van der Waals surface area contributed by atoms with Crippen molar-refractivity contribution in [2.45, 2.75) is 19.4 Å². The van der Waals surface area contributed by atoms with Gasteiger partial charge in [-0.1, -0.05) is 35.9 Å². The molecule has 0 spiro atoms. The quantitative estimate of drug-likeness (QED) is 0.760. The number of para-hydroxylation sites is 2. The Kier molecular flexibility index (Phi) is 6.29. The zero-order valence-corrected chi connectivity index (χ0v) is 14.0. The highest BCUT2D eigenvalue weighted by Gasteiger charge is 2.18. The fourth-order valence-electron chi connectivity index (χ4n) is 2.29. The van der Waals surface area contributed by atoms with Crippen LogP contribution in [0.5, 0.6) is 5.75 Å². The molecule has 0 aromatic heterocycles. The van der Waals surface area contributed by atoms with Crippen molar-refractivity contribution in [3.8, 4) is 5.75 Å². The highest BCUT2D eigenvalue weighted by Crippen LogP contribution is 2.30. The number of esters is 1. The number of ether oxygens (including phenoxy) is 2. The number of nitrogens with one attached hydrogen (secondary N) is 1. The van der Waals surface area contributed by atoms with E-state index in [1.165, 1.54) is 0 Å². The second kappa shape index (κ2) is 8.44. The molecular weight excluding hydrogens is 314 g/mol. The Morgan fingerprint density at radius 3 is 2.52 bits per heavy atom. The maximum atomic E-state index is 11.9. The maximum Gasteiger partial charge on any atom is 0.308 e. The van der Waals surface area contributed by atoms with Crippen molar-refractivity contribution in [2.24, 2.45) is 0 Å². The monoisotopic (exact) mass is 333 g/mol. The van der Waals surface area contributed by atoms with Gasteiger partial charge in [0.25, 0.3) is 0 Å². The van der Waals surface area contributed by atoms with Gasteiger partial charge in [-0.2, -0.15) is 0 Å². The third-order valence-electron chi connectivity index (χ3n) is 3.39. The van der Waals surface area contributed by atoms with E-state index in [1.807, 2.05) is 36.4 Å². The number of halogens is 1. The van der Waals surface area contributed by atoms with Gasteiger partial charge in [0.2, 0.25) is 0 Å². The van der Waals surface area contributed by atoms with E-state index >= 15 is 0 Å². The van der Waals surface area contributed by atoms with Crippen LogP contribution in [0, 0.1) is 0 Å². The van der Waals surface area contributed by atoms with Crippen LogP contribution in [0.3, 0.4) is 0 Å². The van der Waals surface area contributed by atoms with E-state index in [0.717, 1.165) is 17.0 Å². The molecule has 0 aliphatic rings. The van der Waals surface area contributed by atoms with Crippen molar-refractivity contribution >= 4 is 23.3 Å². The van der Waals surface area contributed by atoms with Crippen LogP contribution in [-0.2, 0) is 9.53 Å². The Balaban J connectivity index is 2.25. The summed E-state index contributed by atoms with van der Waals surface area (Å²) in [6.45, 7) is 2.16. The zero-order chi connectivity index (χ0) is 16.7. The third-order valence-corrected chi connectivity index (χ3v) is 3.64. The van der Waals surface area contributed by atoms with Gasteiger partial charge in [-0.3, -0.25) is 4.79 Å². The fourth-order valence-corrected chi connectivity index (χ4v) is 2.41. The Bertz CT molecular complexity index is 643. The van der Waals surface area contributed by atoms with Gasteiger partial charge in [0, 0.05) is 5.02 Å². The van der Waals surface area contributed by atoms with Gasteiger partial charge in [-0.25, -0.2) is 0 Å². The lowest BCUT2D eigenvalue weighted by molar-refractivity contribution is -0.143. The first-order valence-corrected chi connectivity index (χ1v) is 7.82. The van der Waals surface area contributed by atoms with Crippen LogP contribution in [-0.4, -0.2) is 19.7 Å². The molecule has 0 amide bonds. The standard InChI is InChI=1S/C18H20ClNO3/c1-3-23-18(21)12-16(13-8-10-14(19)11-9-13)20-15-6-4-5-7-17(15)22-2/h4-11,16,20H,3,12H2,1-2H3/t16-/m0/s1. The molecule has 122 valence electrons. The number of benzene rings is 2. The lowest BCUT2D eigenvalue weighted by Gasteiger charge is -2.21. The number of anilines is 1. The van der Waals surface area contributed by atoms with Gasteiger partial charge in [0.1, 0.15) is 5.75 Å². The average molecular weight is 334 g/mol. The number of carbonyl (C=O) groups excluding carboxylic acids is 1. The molecule has 4 nitrogen and oxygen atoms in total. The molecule has 0 fully saturated rings. The van der Waals surface area contributed by atoms with E-state index in [0.29, 0.717) is 11.6 Å². The second-order valence-electron chi connectivity index (χ2n) is 4.96. The first kappa shape index (κ1) is 17.2. The maximum absolute atomic E-state index is 11.9. The van der Waals surface area contributed by atoms with E-state index in [4.69, 9.17) is 21.1 Å². The molecule has 0 radical (unpaired) electrons. The van der Waals surface area contributed by atoms with Gasteiger partial charge in [0.15, 0.2) is 0 Å². The number of rotatable bonds is 7. The first-order chi connectivity index (χ1) is 11.1. The molecule has 0 bridgehead atoms. The van der Waals surface area contributed by atoms with Gasteiger partial charge >= 0.3 is 5.97 Å². The van der Waals surface area contributed by atoms with Crippen molar-refractivity contribution < 1.29 is 14.3 Å². The summed E-state index contributed by atoms with van der Waals surface area (Å²) in [6.07, 6.45) is 0.216. The minimum atomic E-state index is -0.255. The summed E-state index contributed by atoms with van der Waals surface area (Å²) in [6, 6.07) is 14.8. The molecule has 0 heterocycles. The Morgan fingerprint density at radius 1 is 1.17 bits per heavy atom. The molecule has 1 N–H and O–H groups in total. The largest absolute Gasteiger partial charge is 0.495 e. The predicted molar refractivity (Wildman–Crippen MR) is 92.1 cm³/mol. The van der Waals surface area contributed by atoms with E-state index in [9.17, 15) is 4.79 Å². The molecule has 2 aromatic rings. The number of hydrogen-bond acceptors (Lipinski definition) is 4. The summed E-state index contributed by atoms with van der Waals surface area (Å²) in [7, 11) is 1.61. The van der Waals surface area contributed by atoms with E-state index < -0.39 is 0 Å². The van der Waals surface area contributed by atoms with Crippen LogP contribution >= 0.6 is 11.6 Å². The van der Waals surface area contributed by atoms with E-state index in [1.54, 1.807) is 26.2 Å². The fraction of sp³-hybridized carbons (Fsp3) is 0.278. The second-order valence-corrected chi connectivity index (χ2v) is 5.39. The number of carbonyl (C=O) groups is 1. The minimum Gasteiger partial charge on any atom is -0.495 e. The number of methoxy groups -OCH3 is 1. The summed E-state index contributed by atoms with van der Waals surface area (Å²) >= 11 is 5.95. The molecule has 0 unspecified atom stereocenters. The van der Waals surface area contributed by atoms with E-state index in [2.05, 4.69) is 5.32 Å². The summed E-state index contributed by atoms with van der Waals surface area (Å²) in [4.78, 5) is 11.9. The van der Waals surface area contributed by atoms with Crippen LogP contribution in [0.15, 0.2) is 48.5 Å². The van der Waals surface area contributed by atoms with Crippen molar-refractivity contribution in [2.75, 3.05) is 19.0 Å². The van der Waals surface area contributed by atoms with Gasteiger partial charge < -0.3 is 14.8 Å². The Morgan fingerprint density at radius 2 is 1.87 bits per heavy atom. The molecule has 2 aromatic carbocycles. The lowest BCUT2D eigenvalue weighted by Crippen LogP contribution is -2.17. The van der Waals surface area contributed by atoms with E-state index in [-0.39, 0.29) is 18.4 Å². The Hall–Kier alpha value is -2.20. The molecule has 23 heavy (non-hydrogen) atoms. The van der Waals surface area contributed by atoms with Gasteiger partial charge in [-0.15, -0.1) is 0 Å². The predicted octanol–water partition coefficient (Wildman–Crippen LogP) is 4.46. The van der Waals surface area contributed by atoms with Crippen molar-refractivity contribution in [3.05, 3.63) is 59.1 Å². The lowest BCUT2D eigenvalue weighted by atomic mass is 10.0. The molecule has 2 rings (SSSR count). The summed E-state index contributed by atoms with van der Waals surface area (Å²) in [5, 5.41) is 4.01. The summed E-state index contributed by atoms with van der Waals surface area (Å²) in [5.41, 5.74) is 1.77.